The number of furan rings is 1. The van der Waals surface area contributed by atoms with Gasteiger partial charge in [0.1, 0.15) is 11.5 Å². The summed E-state index contributed by atoms with van der Waals surface area (Å²) in [7, 11) is 0. The molecule has 4 nitrogen and oxygen atoms in total. The van der Waals surface area contributed by atoms with Crippen molar-refractivity contribution in [2.45, 2.75) is 38.8 Å². The average molecular weight is 380 g/mol. The topological polar surface area (TPSA) is 42.2 Å². The minimum Gasteiger partial charge on any atom is -0.464 e. The van der Waals surface area contributed by atoms with E-state index in [1.54, 1.807) is 0 Å². The molecule has 5 heteroatoms. The van der Waals surface area contributed by atoms with Crippen LogP contribution >= 0.6 is 11.6 Å². The van der Waals surface area contributed by atoms with Gasteiger partial charge in [0.05, 0.1) is 12.2 Å². The molecule has 1 aromatic carbocycles. The SMILES string of the molecule is CC1CC1c1ccc(CN2CCc3nc(-c4ccc(Cl)cc4)ncc3C2)o1. The van der Waals surface area contributed by atoms with Crippen LogP contribution in [0.4, 0.5) is 0 Å². The van der Waals surface area contributed by atoms with Crippen LogP contribution in [0.15, 0.2) is 47.0 Å². The van der Waals surface area contributed by atoms with Crippen LogP contribution in [-0.2, 0) is 19.5 Å². The van der Waals surface area contributed by atoms with Gasteiger partial charge in [-0.3, -0.25) is 4.90 Å². The van der Waals surface area contributed by atoms with Crippen LogP contribution in [0, 0.1) is 5.92 Å². The van der Waals surface area contributed by atoms with Crippen molar-refractivity contribution in [3.63, 3.8) is 0 Å². The van der Waals surface area contributed by atoms with Gasteiger partial charge >= 0.3 is 0 Å². The summed E-state index contributed by atoms with van der Waals surface area (Å²) in [6, 6.07) is 12.0. The van der Waals surface area contributed by atoms with E-state index in [-0.39, 0.29) is 0 Å². The van der Waals surface area contributed by atoms with E-state index >= 15 is 0 Å². The predicted molar refractivity (Wildman–Crippen MR) is 106 cm³/mol. The summed E-state index contributed by atoms with van der Waals surface area (Å²) < 4.78 is 6.07. The van der Waals surface area contributed by atoms with E-state index < -0.39 is 0 Å². The van der Waals surface area contributed by atoms with E-state index in [2.05, 4.69) is 28.9 Å². The number of nitrogens with zero attached hydrogens (tertiary/aromatic N) is 3. The van der Waals surface area contributed by atoms with Gasteiger partial charge in [-0.25, -0.2) is 9.97 Å². The zero-order chi connectivity index (χ0) is 18.4. The molecule has 0 saturated heterocycles. The van der Waals surface area contributed by atoms with Gasteiger partial charge in [0.25, 0.3) is 0 Å². The number of aromatic nitrogens is 2. The summed E-state index contributed by atoms with van der Waals surface area (Å²) in [6.45, 7) is 4.98. The number of rotatable bonds is 4. The Morgan fingerprint density at radius 3 is 2.78 bits per heavy atom. The highest BCUT2D eigenvalue weighted by molar-refractivity contribution is 6.30. The lowest BCUT2D eigenvalue weighted by molar-refractivity contribution is 0.221. The fourth-order valence-corrected chi connectivity index (χ4v) is 3.99. The molecule has 2 atom stereocenters. The van der Waals surface area contributed by atoms with Crippen molar-refractivity contribution in [2.24, 2.45) is 5.92 Å². The van der Waals surface area contributed by atoms with Crippen molar-refractivity contribution in [1.29, 1.82) is 0 Å². The van der Waals surface area contributed by atoms with E-state index in [4.69, 9.17) is 21.0 Å². The van der Waals surface area contributed by atoms with Crippen molar-refractivity contribution >= 4 is 11.6 Å². The lowest BCUT2D eigenvalue weighted by Crippen LogP contribution is -2.30. The molecule has 1 aliphatic carbocycles. The highest BCUT2D eigenvalue weighted by Gasteiger charge is 2.36. The Hall–Kier alpha value is -2.17. The standard InChI is InChI=1S/C22H22ClN3O/c1-14-10-19(14)21-7-6-18(27-21)13-26-9-8-20-16(12-26)11-24-22(25-20)15-2-4-17(23)5-3-15/h2-7,11,14,19H,8-10,12-13H2,1H3. The smallest absolute Gasteiger partial charge is 0.159 e. The molecule has 0 amide bonds. The Morgan fingerprint density at radius 2 is 2.00 bits per heavy atom. The van der Waals surface area contributed by atoms with Gasteiger partial charge < -0.3 is 4.42 Å². The summed E-state index contributed by atoms with van der Waals surface area (Å²) in [5.74, 6) is 4.41. The molecule has 0 N–H and O–H groups in total. The van der Waals surface area contributed by atoms with Crippen LogP contribution in [0.1, 0.15) is 42.0 Å². The van der Waals surface area contributed by atoms with Crippen LogP contribution in [0.25, 0.3) is 11.4 Å². The van der Waals surface area contributed by atoms with Crippen LogP contribution in [0.3, 0.4) is 0 Å². The maximum atomic E-state index is 6.07. The van der Waals surface area contributed by atoms with E-state index in [1.165, 1.54) is 12.0 Å². The van der Waals surface area contributed by atoms with Crippen molar-refractivity contribution in [3.8, 4) is 11.4 Å². The molecule has 0 bridgehead atoms. The van der Waals surface area contributed by atoms with Crippen molar-refractivity contribution in [3.05, 3.63) is 70.4 Å². The quantitative estimate of drug-likeness (QED) is 0.634. The Bertz CT molecular complexity index is 966. The zero-order valence-electron chi connectivity index (χ0n) is 15.4. The molecule has 1 aliphatic heterocycles. The second kappa shape index (κ2) is 6.77. The van der Waals surface area contributed by atoms with Gasteiger partial charge in [0.15, 0.2) is 5.82 Å². The molecule has 1 saturated carbocycles. The molecule has 0 radical (unpaired) electrons. The van der Waals surface area contributed by atoms with E-state index in [0.29, 0.717) is 5.92 Å². The fourth-order valence-electron chi connectivity index (χ4n) is 3.87. The Labute approximate surface area is 164 Å². The van der Waals surface area contributed by atoms with E-state index in [0.717, 1.165) is 65.6 Å². The second-order valence-corrected chi connectivity index (χ2v) is 8.19. The first kappa shape index (κ1) is 17.0. The van der Waals surface area contributed by atoms with Crippen molar-refractivity contribution < 1.29 is 4.42 Å². The third-order valence-electron chi connectivity index (χ3n) is 5.65. The summed E-state index contributed by atoms with van der Waals surface area (Å²) in [5, 5.41) is 0.726. The third-order valence-corrected chi connectivity index (χ3v) is 5.90. The lowest BCUT2D eigenvalue weighted by atomic mass is 10.1. The molecule has 1 fully saturated rings. The minimum absolute atomic E-state index is 0.639. The summed E-state index contributed by atoms with van der Waals surface area (Å²) in [4.78, 5) is 11.8. The maximum absolute atomic E-state index is 6.07. The first-order valence-corrected chi connectivity index (χ1v) is 9.95. The molecule has 27 heavy (non-hydrogen) atoms. The first-order chi connectivity index (χ1) is 13.2. The van der Waals surface area contributed by atoms with Gasteiger partial charge in [-0.05, 0) is 48.7 Å². The largest absolute Gasteiger partial charge is 0.464 e. The molecule has 2 aromatic heterocycles. The number of benzene rings is 1. The molecular weight excluding hydrogens is 358 g/mol. The fraction of sp³-hybridized carbons (Fsp3) is 0.364. The number of fused-ring (bicyclic) bond motifs is 1. The normalized spacial score (nSPS) is 21.9. The summed E-state index contributed by atoms with van der Waals surface area (Å²) in [5.41, 5.74) is 3.36. The molecule has 3 aromatic rings. The molecule has 2 unspecified atom stereocenters. The molecule has 2 aliphatic rings. The van der Waals surface area contributed by atoms with Crippen LogP contribution in [-0.4, -0.2) is 21.4 Å². The molecule has 138 valence electrons. The molecular formula is C22H22ClN3O. The summed E-state index contributed by atoms with van der Waals surface area (Å²) >= 11 is 5.97. The van der Waals surface area contributed by atoms with Gasteiger partial charge in [-0.2, -0.15) is 0 Å². The Kier molecular flexibility index (Phi) is 4.25. The highest BCUT2D eigenvalue weighted by atomic mass is 35.5. The molecule has 3 heterocycles. The highest BCUT2D eigenvalue weighted by Crippen LogP contribution is 2.47. The van der Waals surface area contributed by atoms with E-state index in [9.17, 15) is 0 Å². The first-order valence-electron chi connectivity index (χ1n) is 9.57. The molecule has 5 rings (SSSR count). The average Bonchev–Trinajstić information content (AvgIpc) is 3.23. The zero-order valence-corrected chi connectivity index (χ0v) is 16.1. The van der Waals surface area contributed by atoms with E-state index in [1.807, 2.05) is 30.5 Å². The molecule has 0 spiro atoms. The monoisotopic (exact) mass is 379 g/mol. The van der Waals surface area contributed by atoms with Gasteiger partial charge in [-0.15, -0.1) is 0 Å². The third kappa shape index (κ3) is 3.52. The second-order valence-electron chi connectivity index (χ2n) is 7.76. The number of halogens is 1. The van der Waals surface area contributed by atoms with Gasteiger partial charge in [0, 0.05) is 47.8 Å². The maximum Gasteiger partial charge on any atom is 0.159 e. The summed E-state index contributed by atoms with van der Waals surface area (Å²) in [6.07, 6.45) is 4.17. The van der Waals surface area contributed by atoms with Crippen LogP contribution in [0.2, 0.25) is 5.02 Å². The van der Waals surface area contributed by atoms with Crippen molar-refractivity contribution in [1.82, 2.24) is 14.9 Å². The van der Waals surface area contributed by atoms with Crippen molar-refractivity contribution in [2.75, 3.05) is 6.54 Å². The van der Waals surface area contributed by atoms with Crippen LogP contribution in [0.5, 0.6) is 0 Å². The number of hydrogen-bond acceptors (Lipinski definition) is 4. The predicted octanol–water partition coefficient (Wildman–Crippen LogP) is 5.07. The lowest BCUT2D eigenvalue weighted by Gasteiger charge is -2.27. The minimum atomic E-state index is 0.639. The van der Waals surface area contributed by atoms with Gasteiger partial charge in [0.2, 0.25) is 0 Å². The Balaban J connectivity index is 1.28. The van der Waals surface area contributed by atoms with Crippen LogP contribution < -0.4 is 0 Å². The van der Waals surface area contributed by atoms with Gasteiger partial charge in [-0.1, -0.05) is 18.5 Å². The Morgan fingerprint density at radius 1 is 1.19 bits per heavy atom. The number of hydrogen-bond donors (Lipinski definition) is 0.